The molecule has 12 aliphatic rings. The summed E-state index contributed by atoms with van der Waals surface area (Å²) in [5.74, 6) is 11.7. The molecule has 15 rings (SSSR count). The number of nitrogens with zero attached hydrogens (tertiary/aromatic N) is 3. The maximum atomic E-state index is 5.18. The molecule has 0 amide bonds. The first-order chi connectivity index (χ1) is 27.5. The predicted molar refractivity (Wildman–Crippen MR) is 239 cm³/mol. The van der Waals surface area contributed by atoms with Crippen molar-refractivity contribution >= 4 is 17.1 Å². The molecule has 4 heteroatoms. The molecule has 0 N–H and O–H groups in total. The SMILES string of the molecule is Cc1cc(C)cc([N-]C2C3CC4CC(C3)CC2C4)c1.Cc1cc(C)cc([N-]C2C3CC4CC(C3)CC2C4)c1.Cc1cc(C)cc([N-]C2C3CC4CC(C3)CC2C4)c1.[Mo+3]. The fraction of sp³-hybridized carbons (Fsp3) is 0.667. The molecular formula is C54H72MoN3. The average molecular weight is 859 g/mol. The van der Waals surface area contributed by atoms with Gasteiger partial charge in [0, 0.05) is 0 Å². The minimum Gasteiger partial charge on any atom is -0.681 e. The van der Waals surface area contributed by atoms with Gasteiger partial charge in [0.2, 0.25) is 0 Å². The summed E-state index contributed by atoms with van der Waals surface area (Å²) in [5.41, 5.74) is 11.8. The molecule has 12 bridgehead atoms. The van der Waals surface area contributed by atoms with Crippen LogP contribution in [-0.2, 0) is 21.1 Å². The molecule has 12 saturated carbocycles. The van der Waals surface area contributed by atoms with Crippen molar-refractivity contribution in [2.24, 2.45) is 71.0 Å². The number of rotatable bonds is 6. The van der Waals surface area contributed by atoms with Crippen molar-refractivity contribution in [3.05, 3.63) is 104 Å². The van der Waals surface area contributed by atoms with Crippen LogP contribution in [0.5, 0.6) is 0 Å². The molecule has 0 spiro atoms. The molecule has 12 fully saturated rings. The number of hydrogen-bond donors (Lipinski definition) is 0. The molecule has 309 valence electrons. The molecule has 0 unspecified atom stereocenters. The van der Waals surface area contributed by atoms with E-state index in [0.717, 1.165) is 71.0 Å². The fourth-order valence-corrected chi connectivity index (χ4v) is 15.9. The van der Waals surface area contributed by atoms with Gasteiger partial charge in [-0.25, -0.2) is 0 Å². The molecule has 3 aromatic rings. The zero-order chi connectivity index (χ0) is 38.9. The minimum atomic E-state index is 0. The van der Waals surface area contributed by atoms with Crippen LogP contribution in [0.3, 0.4) is 0 Å². The first kappa shape index (κ1) is 41.1. The summed E-state index contributed by atoms with van der Waals surface area (Å²) in [6, 6.07) is 22.2. The van der Waals surface area contributed by atoms with Crippen LogP contribution in [0.25, 0.3) is 16.0 Å². The largest absolute Gasteiger partial charge is 3.00 e. The van der Waals surface area contributed by atoms with Gasteiger partial charge in [-0.05, 0) is 173 Å². The van der Waals surface area contributed by atoms with Crippen LogP contribution >= 0.6 is 0 Å². The maximum absolute atomic E-state index is 5.18. The van der Waals surface area contributed by atoms with Crippen LogP contribution in [0.2, 0.25) is 0 Å². The van der Waals surface area contributed by atoms with Crippen molar-refractivity contribution in [2.45, 2.75) is 156 Å². The van der Waals surface area contributed by atoms with E-state index in [1.807, 2.05) is 0 Å². The van der Waals surface area contributed by atoms with E-state index in [1.54, 1.807) is 0 Å². The van der Waals surface area contributed by atoms with Crippen LogP contribution in [0.15, 0.2) is 54.6 Å². The summed E-state index contributed by atoms with van der Waals surface area (Å²) in [6.07, 6.45) is 22.2. The van der Waals surface area contributed by atoms with Crippen LogP contribution in [0, 0.1) is 113 Å². The molecule has 58 heavy (non-hydrogen) atoms. The topological polar surface area (TPSA) is 42.3 Å². The quantitative estimate of drug-likeness (QED) is 0.222. The number of benzene rings is 3. The Hall–Kier alpha value is -2.25. The molecule has 3 aromatic carbocycles. The monoisotopic (exact) mass is 860 g/mol. The zero-order valence-electron chi connectivity index (χ0n) is 36.7. The van der Waals surface area contributed by atoms with E-state index in [4.69, 9.17) is 16.0 Å². The normalized spacial score (nSPS) is 38.9. The first-order valence-corrected chi connectivity index (χ1v) is 23.9. The van der Waals surface area contributed by atoms with Crippen LogP contribution in [0.1, 0.15) is 130 Å². The van der Waals surface area contributed by atoms with Crippen molar-refractivity contribution in [3.8, 4) is 0 Å². The molecule has 0 heterocycles. The minimum absolute atomic E-state index is 0. The first-order valence-electron chi connectivity index (χ1n) is 23.9. The Morgan fingerprint density at radius 2 is 0.448 bits per heavy atom. The van der Waals surface area contributed by atoms with Gasteiger partial charge in [-0.15, -0.1) is 35.2 Å². The fourth-order valence-electron chi connectivity index (χ4n) is 15.9. The van der Waals surface area contributed by atoms with Crippen molar-refractivity contribution in [1.82, 2.24) is 0 Å². The number of hydrogen-bond acceptors (Lipinski definition) is 0. The van der Waals surface area contributed by atoms with E-state index in [9.17, 15) is 0 Å². The Morgan fingerprint density at radius 1 is 0.276 bits per heavy atom. The Balaban J connectivity index is 0.000000112. The van der Waals surface area contributed by atoms with Gasteiger partial charge in [0.15, 0.2) is 0 Å². The summed E-state index contributed by atoms with van der Waals surface area (Å²) in [5, 5.41) is 15.5. The maximum Gasteiger partial charge on any atom is 3.00 e. The van der Waals surface area contributed by atoms with Crippen LogP contribution in [0.4, 0.5) is 17.1 Å². The van der Waals surface area contributed by atoms with E-state index in [0.29, 0.717) is 18.1 Å². The van der Waals surface area contributed by atoms with Crippen molar-refractivity contribution in [3.63, 3.8) is 0 Å². The average Bonchev–Trinajstić information content (AvgIpc) is 3.11. The molecule has 1 radical (unpaired) electrons. The second-order valence-corrected chi connectivity index (χ2v) is 22.2. The summed E-state index contributed by atoms with van der Waals surface area (Å²) in [6.45, 7) is 13.1. The van der Waals surface area contributed by atoms with E-state index in [-0.39, 0.29) is 21.1 Å². The van der Waals surface area contributed by atoms with Gasteiger partial charge >= 0.3 is 21.1 Å². The van der Waals surface area contributed by atoms with Crippen molar-refractivity contribution in [1.29, 1.82) is 0 Å². The smallest absolute Gasteiger partial charge is 0.681 e. The Labute approximate surface area is 367 Å². The van der Waals surface area contributed by atoms with E-state index in [1.165, 1.54) is 147 Å². The van der Waals surface area contributed by atoms with Gasteiger partial charge in [-0.2, -0.15) is 0 Å². The molecule has 0 aliphatic heterocycles. The zero-order valence-corrected chi connectivity index (χ0v) is 38.7. The van der Waals surface area contributed by atoms with Crippen molar-refractivity contribution < 1.29 is 21.1 Å². The van der Waals surface area contributed by atoms with Crippen LogP contribution < -0.4 is 0 Å². The molecule has 0 saturated heterocycles. The standard InChI is InChI=1S/3C18H24N.Mo/c3*1-11-3-12(2)5-17(4-11)19-18-15-7-13-6-14(9-15)10-16(18)8-13;/h3*3-5,13-16,18H,6-10H2,1-2H3;/q3*-1;+3. The second kappa shape index (κ2) is 16.9. The molecule has 12 aliphatic carbocycles. The molecule has 0 atom stereocenters. The third-order valence-corrected chi connectivity index (χ3v) is 17.0. The Morgan fingerprint density at radius 3 is 0.621 bits per heavy atom. The van der Waals surface area contributed by atoms with Gasteiger partial charge in [0.25, 0.3) is 0 Å². The third-order valence-electron chi connectivity index (χ3n) is 17.0. The molecular weight excluding hydrogens is 787 g/mol. The van der Waals surface area contributed by atoms with E-state index < -0.39 is 0 Å². The van der Waals surface area contributed by atoms with Gasteiger partial charge < -0.3 is 16.0 Å². The van der Waals surface area contributed by atoms with Gasteiger partial charge in [0.1, 0.15) is 0 Å². The van der Waals surface area contributed by atoms with Gasteiger partial charge in [-0.1, -0.05) is 123 Å². The van der Waals surface area contributed by atoms with Gasteiger partial charge in [0.05, 0.1) is 0 Å². The van der Waals surface area contributed by atoms with E-state index >= 15 is 0 Å². The predicted octanol–water partition coefficient (Wildman–Crippen LogP) is 15.4. The van der Waals surface area contributed by atoms with E-state index in [2.05, 4.69) is 96.1 Å². The summed E-state index contributed by atoms with van der Waals surface area (Å²) < 4.78 is 0. The third kappa shape index (κ3) is 8.88. The number of aryl methyl sites for hydroxylation is 6. The van der Waals surface area contributed by atoms with Crippen LogP contribution in [-0.4, -0.2) is 18.1 Å². The Bertz CT molecular complexity index is 1550. The molecule has 3 nitrogen and oxygen atoms in total. The second-order valence-electron chi connectivity index (χ2n) is 22.2. The summed E-state index contributed by atoms with van der Waals surface area (Å²) >= 11 is 0. The van der Waals surface area contributed by atoms with Gasteiger partial charge in [-0.3, -0.25) is 0 Å². The summed E-state index contributed by atoms with van der Waals surface area (Å²) in [4.78, 5) is 0. The summed E-state index contributed by atoms with van der Waals surface area (Å²) in [7, 11) is 0. The molecule has 0 aromatic heterocycles. The van der Waals surface area contributed by atoms with Crippen molar-refractivity contribution in [2.75, 3.05) is 0 Å². The Kier molecular flexibility index (Phi) is 12.0.